The van der Waals surface area contributed by atoms with Crippen molar-refractivity contribution in [2.24, 2.45) is 10.9 Å². The van der Waals surface area contributed by atoms with Crippen molar-refractivity contribution in [1.82, 2.24) is 20.0 Å². The van der Waals surface area contributed by atoms with E-state index in [1.165, 1.54) is 44.7 Å². The van der Waals surface area contributed by atoms with E-state index in [-0.39, 0.29) is 0 Å². The molecule has 156 valence electrons. The van der Waals surface area contributed by atoms with Crippen molar-refractivity contribution in [3.05, 3.63) is 35.9 Å². The van der Waals surface area contributed by atoms with Crippen LogP contribution in [0, 0.1) is 5.92 Å². The van der Waals surface area contributed by atoms with Crippen LogP contribution in [-0.2, 0) is 0 Å². The van der Waals surface area contributed by atoms with E-state index < -0.39 is 0 Å². The van der Waals surface area contributed by atoms with Crippen LogP contribution in [0.4, 0.5) is 0 Å². The molecular formula is C23H39N5. The quantitative estimate of drug-likeness (QED) is 0.603. The summed E-state index contributed by atoms with van der Waals surface area (Å²) in [6.07, 6.45) is 1.20. The topological polar surface area (TPSA) is 34.1 Å². The van der Waals surface area contributed by atoms with Crippen molar-refractivity contribution in [1.29, 1.82) is 0 Å². The SMILES string of the molecule is CCNC(=NCCN1CCN(CC)CC1)N1CCC(c2ccccc2)C(C)C1. The number of nitrogens with one attached hydrogen (secondary N) is 1. The number of likely N-dealkylation sites (N-methyl/N-ethyl adjacent to an activating group) is 1. The molecule has 0 aromatic heterocycles. The first-order chi connectivity index (χ1) is 13.7. The molecule has 0 amide bonds. The molecule has 5 nitrogen and oxygen atoms in total. The molecule has 2 atom stereocenters. The number of likely N-dealkylation sites (tertiary alicyclic amines) is 1. The molecule has 1 aromatic rings. The summed E-state index contributed by atoms with van der Waals surface area (Å²) in [5.74, 6) is 2.41. The highest BCUT2D eigenvalue weighted by atomic mass is 15.3. The monoisotopic (exact) mass is 385 g/mol. The average molecular weight is 386 g/mol. The van der Waals surface area contributed by atoms with Crippen LogP contribution in [0.2, 0.25) is 0 Å². The van der Waals surface area contributed by atoms with Crippen LogP contribution in [0.25, 0.3) is 0 Å². The largest absolute Gasteiger partial charge is 0.357 e. The molecule has 2 aliphatic heterocycles. The van der Waals surface area contributed by atoms with Crippen LogP contribution < -0.4 is 5.32 Å². The fourth-order valence-electron chi connectivity index (χ4n) is 4.59. The van der Waals surface area contributed by atoms with Crippen molar-refractivity contribution in [3.8, 4) is 0 Å². The molecule has 2 heterocycles. The Morgan fingerprint density at radius 1 is 1.04 bits per heavy atom. The fourth-order valence-corrected chi connectivity index (χ4v) is 4.59. The molecule has 0 radical (unpaired) electrons. The van der Waals surface area contributed by atoms with Crippen molar-refractivity contribution >= 4 is 5.96 Å². The molecule has 0 bridgehead atoms. The Balaban J connectivity index is 1.51. The van der Waals surface area contributed by atoms with Gasteiger partial charge in [0.15, 0.2) is 5.96 Å². The molecule has 2 aliphatic rings. The second-order valence-corrected chi connectivity index (χ2v) is 8.24. The standard InChI is InChI=1S/C23H39N5/c1-4-24-23(25-12-14-27-17-15-26(5-2)16-18-27)28-13-11-22(20(3)19-28)21-9-7-6-8-10-21/h6-10,20,22H,4-5,11-19H2,1-3H3,(H,24,25). The predicted molar refractivity (Wildman–Crippen MR) is 119 cm³/mol. The lowest BCUT2D eigenvalue weighted by Crippen LogP contribution is -2.49. The zero-order valence-electron chi connectivity index (χ0n) is 18.1. The lowest BCUT2D eigenvalue weighted by Gasteiger charge is -2.39. The smallest absolute Gasteiger partial charge is 0.193 e. The van der Waals surface area contributed by atoms with Crippen LogP contribution in [0.3, 0.4) is 0 Å². The summed E-state index contributed by atoms with van der Waals surface area (Å²) in [5.41, 5.74) is 1.49. The van der Waals surface area contributed by atoms with Crippen LogP contribution in [-0.4, -0.2) is 86.1 Å². The molecule has 0 saturated carbocycles. The minimum absolute atomic E-state index is 0.641. The normalized spacial score (nSPS) is 25.1. The Morgan fingerprint density at radius 3 is 2.39 bits per heavy atom. The number of guanidine groups is 1. The van der Waals surface area contributed by atoms with Gasteiger partial charge >= 0.3 is 0 Å². The van der Waals surface area contributed by atoms with Gasteiger partial charge in [-0.2, -0.15) is 0 Å². The summed E-state index contributed by atoms with van der Waals surface area (Å²) in [6.45, 7) is 17.8. The molecule has 5 heteroatoms. The van der Waals surface area contributed by atoms with Gasteiger partial charge in [0.25, 0.3) is 0 Å². The molecule has 2 saturated heterocycles. The first-order valence-corrected chi connectivity index (χ1v) is 11.2. The van der Waals surface area contributed by atoms with E-state index in [4.69, 9.17) is 4.99 Å². The van der Waals surface area contributed by atoms with Gasteiger partial charge in [-0.25, -0.2) is 0 Å². The van der Waals surface area contributed by atoms with E-state index in [9.17, 15) is 0 Å². The van der Waals surface area contributed by atoms with Crippen LogP contribution in [0.1, 0.15) is 38.7 Å². The maximum absolute atomic E-state index is 4.98. The summed E-state index contributed by atoms with van der Waals surface area (Å²) in [6, 6.07) is 11.0. The first-order valence-electron chi connectivity index (χ1n) is 11.2. The van der Waals surface area contributed by atoms with Gasteiger partial charge in [-0.1, -0.05) is 44.2 Å². The maximum Gasteiger partial charge on any atom is 0.193 e. The van der Waals surface area contributed by atoms with Gasteiger partial charge in [-0.3, -0.25) is 9.89 Å². The number of aliphatic imine (C=N–C) groups is 1. The third-order valence-corrected chi connectivity index (χ3v) is 6.36. The summed E-state index contributed by atoms with van der Waals surface area (Å²) in [5, 5.41) is 3.53. The number of rotatable bonds is 6. The summed E-state index contributed by atoms with van der Waals surface area (Å²) < 4.78 is 0. The van der Waals surface area contributed by atoms with Crippen LogP contribution >= 0.6 is 0 Å². The maximum atomic E-state index is 4.98. The Bertz CT molecular complexity index is 594. The first kappa shape index (κ1) is 21.1. The second kappa shape index (κ2) is 10.8. The third-order valence-electron chi connectivity index (χ3n) is 6.36. The van der Waals surface area contributed by atoms with Crippen molar-refractivity contribution in [2.75, 3.05) is 65.4 Å². The van der Waals surface area contributed by atoms with Gasteiger partial charge in [0.1, 0.15) is 0 Å². The molecule has 1 aromatic carbocycles. The van der Waals surface area contributed by atoms with Gasteiger partial charge < -0.3 is 15.1 Å². The number of piperazine rings is 1. The Labute approximate surface area is 171 Å². The Hall–Kier alpha value is -1.59. The molecule has 2 fully saturated rings. The lowest BCUT2D eigenvalue weighted by molar-refractivity contribution is 0.140. The summed E-state index contributed by atoms with van der Waals surface area (Å²) in [4.78, 5) is 12.5. The molecule has 1 N–H and O–H groups in total. The Morgan fingerprint density at radius 2 is 1.75 bits per heavy atom. The van der Waals surface area contributed by atoms with Crippen molar-refractivity contribution in [2.45, 2.75) is 33.1 Å². The average Bonchev–Trinajstić information content (AvgIpc) is 2.74. The minimum Gasteiger partial charge on any atom is -0.357 e. The Kier molecular flexibility index (Phi) is 8.16. The van der Waals surface area contributed by atoms with E-state index in [0.717, 1.165) is 38.7 Å². The van der Waals surface area contributed by atoms with Crippen molar-refractivity contribution in [3.63, 3.8) is 0 Å². The number of hydrogen-bond acceptors (Lipinski definition) is 3. The van der Waals surface area contributed by atoms with E-state index >= 15 is 0 Å². The minimum atomic E-state index is 0.641. The second-order valence-electron chi connectivity index (χ2n) is 8.24. The van der Waals surface area contributed by atoms with E-state index in [2.05, 4.69) is 71.1 Å². The van der Waals surface area contributed by atoms with Gasteiger partial charge in [-0.15, -0.1) is 0 Å². The number of nitrogens with zero attached hydrogens (tertiary/aromatic N) is 4. The highest BCUT2D eigenvalue weighted by molar-refractivity contribution is 5.80. The van der Waals surface area contributed by atoms with Gasteiger partial charge in [-0.05, 0) is 37.3 Å². The van der Waals surface area contributed by atoms with Gasteiger partial charge in [0.05, 0.1) is 6.54 Å². The third kappa shape index (κ3) is 5.71. The van der Waals surface area contributed by atoms with E-state index in [1.54, 1.807) is 0 Å². The highest BCUT2D eigenvalue weighted by Crippen LogP contribution is 2.32. The van der Waals surface area contributed by atoms with Crippen LogP contribution in [0.5, 0.6) is 0 Å². The van der Waals surface area contributed by atoms with Gasteiger partial charge in [0, 0.05) is 52.4 Å². The van der Waals surface area contributed by atoms with Gasteiger partial charge in [0.2, 0.25) is 0 Å². The van der Waals surface area contributed by atoms with E-state index in [0.29, 0.717) is 11.8 Å². The molecule has 0 aliphatic carbocycles. The molecule has 0 spiro atoms. The number of benzene rings is 1. The lowest BCUT2D eigenvalue weighted by atomic mass is 9.82. The van der Waals surface area contributed by atoms with Crippen molar-refractivity contribution < 1.29 is 0 Å². The zero-order chi connectivity index (χ0) is 19.8. The molecule has 3 rings (SSSR count). The fraction of sp³-hybridized carbons (Fsp3) is 0.696. The molecule has 28 heavy (non-hydrogen) atoms. The van der Waals surface area contributed by atoms with E-state index in [1.807, 2.05) is 0 Å². The number of piperidine rings is 1. The van der Waals surface area contributed by atoms with Crippen LogP contribution in [0.15, 0.2) is 35.3 Å². The number of hydrogen-bond donors (Lipinski definition) is 1. The summed E-state index contributed by atoms with van der Waals surface area (Å²) in [7, 11) is 0. The molecular weight excluding hydrogens is 346 g/mol. The predicted octanol–water partition coefficient (Wildman–Crippen LogP) is 2.72. The summed E-state index contributed by atoms with van der Waals surface area (Å²) >= 11 is 0. The zero-order valence-corrected chi connectivity index (χ0v) is 18.1. The molecule has 2 unspecified atom stereocenters. The highest BCUT2D eigenvalue weighted by Gasteiger charge is 2.28.